The van der Waals surface area contributed by atoms with Gasteiger partial charge in [0.05, 0.1) is 34.6 Å². The van der Waals surface area contributed by atoms with Crippen LogP contribution in [-0.2, 0) is 22.7 Å². The van der Waals surface area contributed by atoms with Gasteiger partial charge in [-0.3, -0.25) is 9.67 Å². The molecule has 2 aromatic carbocycles. The molecule has 4 heterocycles. The molecule has 5 aromatic rings. The fourth-order valence-electron chi connectivity index (χ4n) is 5.84. The number of rotatable bonds is 10. The Labute approximate surface area is 293 Å². The van der Waals surface area contributed by atoms with E-state index in [2.05, 4.69) is 34.3 Å². The molecule has 0 spiro atoms. The molecule has 49 heavy (non-hydrogen) atoms. The maximum absolute atomic E-state index is 12.4. The van der Waals surface area contributed by atoms with Crippen LogP contribution in [0.1, 0.15) is 39.4 Å². The zero-order valence-electron chi connectivity index (χ0n) is 29.5. The highest BCUT2D eigenvalue weighted by atomic mass is 35.5. The number of likely N-dealkylation sites (tertiary alicyclic amines) is 1. The van der Waals surface area contributed by atoms with Crippen molar-refractivity contribution in [3.05, 3.63) is 59.8 Å². The molecular weight excluding hydrogens is 658 g/mol. The van der Waals surface area contributed by atoms with Crippen LogP contribution in [-0.4, -0.2) is 73.7 Å². The van der Waals surface area contributed by atoms with Crippen LogP contribution in [0.25, 0.3) is 33.3 Å². The first-order valence-corrected chi connectivity index (χ1v) is 21.0. The predicted molar refractivity (Wildman–Crippen MR) is 195 cm³/mol. The number of carbonyl (C=O) groups excluding carboxylic acids is 1. The van der Waals surface area contributed by atoms with E-state index in [1.54, 1.807) is 17.3 Å². The number of hydrogen-bond donors (Lipinski definition) is 0. The van der Waals surface area contributed by atoms with E-state index < -0.39 is 13.7 Å². The Morgan fingerprint density at radius 1 is 1.04 bits per heavy atom. The van der Waals surface area contributed by atoms with Gasteiger partial charge in [-0.15, -0.1) is 0 Å². The van der Waals surface area contributed by atoms with Gasteiger partial charge < -0.3 is 23.7 Å². The van der Waals surface area contributed by atoms with Gasteiger partial charge in [-0.05, 0) is 76.8 Å². The van der Waals surface area contributed by atoms with Crippen molar-refractivity contribution in [3.8, 4) is 22.8 Å². The van der Waals surface area contributed by atoms with Crippen LogP contribution in [0.5, 0.6) is 11.5 Å². The fourth-order valence-corrected chi connectivity index (χ4v) is 6.84. The fraction of sp³-hybridized carbons (Fsp3) is 0.472. The van der Waals surface area contributed by atoms with Gasteiger partial charge in [0.2, 0.25) is 0 Å². The van der Waals surface area contributed by atoms with E-state index in [4.69, 9.17) is 35.8 Å². The Hall–Kier alpha value is -4.00. The zero-order chi connectivity index (χ0) is 34.9. The SMILES string of the molecule is Cc1nc2ccc(Oc3ccc4ncc(-c5cnn(CC6CCN(C(=O)OC(C)(C)C)CC6)c5)nc4c3Cl)cc2n1COCC[Si](C)(C)C. The third-order valence-corrected chi connectivity index (χ3v) is 10.7. The van der Waals surface area contributed by atoms with Crippen LogP contribution in [0, 0.1) is 12.8 Å². The normalized spacial score (nSPS) is 14.6. The lowest BCUT2D eigenvalue weighted by Gasteiger charge is -2.33. The third-order valence-electron chi connectivity index (χ3n) is 8.61. The van der Waals surface area contributed by atoms with E-state index in [1.807, 2.05) is 68.9 Å². The topological polar surface area (TPSA) is 109 Å². The summed E-state index contributed by atoms with van der Waals surface area (Å²) in [6.07, 6.45) is 7.07. The highest BCUT2D eigenvalue weighted by Crippen LogP contribution is 2.36. The van der Waals surface area contributed by atoms with E-state index in [9.17, 15) is 4.79 Å². The number of halogens is 1. The number of carbonyl (C=O) groups is 1. The van der Waals surface area contributed by atoms with Crippen LogP contribution in [0.4, 0.5) is 4.79 Å². The molecule has 0 radical (unpaired) electrons. The molecule has 1 fully saturated rings. The minimum absolute atomic E-state index is 0.244. The summed E-state index contributed by atoms with van der Waals surface area (Å²) < 4.78 is 21.9. The van der Waals surface area contributed by atoms with Crippen LogP contribution in [0.15, 0.2) is 48.9 Å². The van der Waals surface area contributed by atoms with Gasteiger partial charge in [0.25, 0.3) is 0 Å². The van der Waals surface area contributed by atoms with Gasteiger partial charge in [0, 0.05) is 52.1 Å². The first-order chi connectivity index (χ1) is 23.2. The molecule has 260 valence electrons. The van der Waals surface area contributed by atoms with Crippen molar-refractivity contribution in [2.45, 2.75) is 85.1 Å². The molecule has 0 unspecified atom stereocenters. The first-order valence-electron chi connectivity index (χ1n) is 16.9. The maximum atomic E-state index is 12.4. The number of nitrogens with zero attached hydrogens (tertiary/aromatic N) is 7. The number of hydrogen-bond acceptors (Lipinski definition) is 8. The van der Waals surface area contributed by atoms with E-state index in [0.717, 1.165) is 54.5 Å². The summed E-state index contributed by atoms with van der Waals surface area (Å²) >= 11 is 6.91. The highest BCUT2D eigenvalue weighted by molar-refractivity contribution is 6.76. The van der Waals surface area contributed by atoms with Crippen molar-refractivity contribution >= 4 is 47.8 Å². The highest BCUT2D eigenvalue weighted by Gasteiger charge is 2.27. The molecule has 0 N–H and O–H groups in total. The summed E-state index contributed by atoms with van der Waals surface area (Å²) in [4.78, 5) is 28.5. The van der Waals surface area contributed by atoms with Crippen LogP contribution in [0.3, 0.4) is 0 Å². The lowest BCUT2D eigenvalue weighted by atomic mass is 9.97. The van der Waals surface area contributed by atoms with Crippen molar-refractivity contribution in [1.29, 1.82) is 0 Å². The Balaban J connectivity index is 1.13. The van der Waals surface area contributed by atoms with Crippen LogP contribution < -0.4 is 4.74 Å². The van der Waals surface area contributed by atoms with Crippen molar-refractivity contribution in [1.82, 2.24) is 34.2 Å². The number of benzene rings is 2. The molecule has 3 aromatic heterocycles. The predicted octanol–water partition coefficient (Wildman–Crippen LogP) is 8.56. The van der Waals surface area contributed by atoms with Crippen molar-refractivity contribution in [2.24, 2.45) is 5.92 Å². The number of aryl methyl sites for hydroxylation is 1. The second-order valence-corrected chi connectivity index (χ2v) is 21.0. The van der Waals surface area contributed by atoms with Gasteiger partial charge >= 0.3 is 6.09 Å². The molecule has 0 bridgehead atoms. The molecule has 1 aliphatic heterocycles. The smallest absolute Gasteiger partial charge is 0.410 e. The Kier molecular flexibility index (Phi) is 10.0. The second-order valence-electron chi connectivity index (χ2n) is 15.1. The minimum Gasteiger partial charge on any atom is -0.456 e. The number of piperidine rings is 1. The number of imidazole rings is 1. The standard InChI is InChI=1S/C36H46ClN7O4Si/c1-24-40-28-9-8-27(18-31(28)44(24)23-46-16-17-49(5,6)7)47-32-11-10-29-34(33(32)37)41-30(20-38-29)26-19-39-43(22-26)21-25-12-14-42(15-13-25)35(45)48-36(2,3)4/h8-11,18-20,22,25H,12-17,21,23H2,1-7H3. The average Bonchev–Trinajstić information content (AvgIpc) is 3.63. The summed E-state index contributed by atoms with van der Waals surface area (Å²) in [6.45, 7) is 18.0. The monoisotopic (exact) mass is 703 g/mol. The largest absolute Gasteiger partial charge is 0.456 e. The van der Waals surface area contributed by atoms with Gasteiger partial charge in [-0.2, -0.15) is 5.10 Å². The minimum atomic E-state index is -1.17. The molecule has 0 saturated carbocycles. The quantitative estimate of drug-likeness (QED) is 0.105. The molecule has 11 nitrogen and oxygen atoms in total. The average molecular weight is 704 g/mol. The number of ether oxygens (including phenoxy) is 3. The first kappa shape index (κ1) is 34.8. The van der Waals surface area contributed by atoms with E-state index in [0.29, 0.717) is 59.0 Å². The Bertz CT molecular complexity index is 1950. The third kappa shape index (κ3) is 8.60. The van der Waals surface area contributed by atoms with Crippen LogP contribution in [0.2, 0.25) is 30.7 Å². The van der Waals surface area contributed by atoms with E-state index >= 15 is 0 Å². The Morgan fingerprint density at radius 2 is 1.80 bits per heavy atom. The van der Waals surface area contributed by atoms with Crippen molar-refractivity contribution in [2.75, 3.05) is 19.7 Å². The maximum Gasteiger partial charge on any atom is 0.410 e. The van der Waals surface area contributed by atoms with Gasteiger partial charge in [-0.25, -0.2) is 14.8 Å². The lowest BCUT2D eigenvalue weighted by Crippen LogP contribution is -2.42. The molecule has 13 heteroatoms. The molecular formula is C36H46ClN7O4Si. The summed E-state index contributed by atoms with van der Waals surface area (Å²) in [5.74, 6) is 2.42. The summed E-state index contributed by atoms with van der Waals surface area (Å²) in [7, 11) is -1.17. The molecule has 1 aliphatic rings. The summed E-state index contributed by atoms with van der Waals surface area (Å²) in [5.41, 5.74) is 4.07. The van der Waals surface area contributed by atoms with E-state index in [1.165, 1.54) is 0 Å². The number of aromatic nitrogens is 6. The Morgan fingerprint density at radius 3 is 2.53 bits per heavy atom. The number of amides is 1. The summed E-state index contributed by atoms with van der Waals surface area (Å²) in [6, 6.07) is 10.6. The van der Waals surface area contributed by atoms with Gasteiger partial charge in [0.15, 0.2) is 0 Å². The van der Waals surface area contributed by atoms with Crippen molar-refractivity contribution < 1.29 is 19.0 Å². The lowest BCUT2D eigenvalue weighted by molar-refractivity contribution is 0.0177. The second kappa shape index (κ2) is 14.1. The zero-order valence-corrected chi connectivity index (χ0v) is 31.3. The van der Waals surface area contributed by atoms with Gasteiger partial charge in [-0.1, -0.05) is 31.2 Å². The number of fused-ring (bicyclic) bond motifs is 2. The summed E-state index contributed by atoms with van der Waals surface area (Å²) in [5, 5.41) is 4.99. The van der Waals surface area contributed by atoms with Crippen LogP contribution >= 0.6 is 11.6 Å². The molecule has 1 saturated heterocycles. The molecule has 6 rings (SSSR count). The molecule has 0 atom stereocenters. The van der Waals surface area contributed by atoms with Gasteiger partial charge in [0.1, 0.15) is 40.2 Å². The molecule has 0 aliphatic carbocycles. The molecule has 1 amide bonds. The van der Waals surface area contributed by atoms with E-state index in [-0.39, 0.29) is 6.09 Å². The van der Waals surface area contributed by atoms with Crippen molar-refractivity contribution in [3.63, 3.8) is 0 Å².